The summed E-state index contributed by atoms with van der Waals surface area (Å²) in [5.74, 6) is 1.30. The summed E-state index contributed by atoms with van der Waals surface area (Å²) in [6, 6.07) is 9.08. The molecule has 33 heavy (non-hydrogen) atoms. The molecule has 0 saturated carbocycles. The SMILES string of the molecule is CC(CNC(=O)Nc1cnc(N2CCN(C(=O)OC(C)(C)C)CC2)nc1)Oc1ccccc1. The van der Waals surface area contributed by atoms with Crippen molar-refractivity contribution in [2.45, 2.75) is 39.4 Å². The van der Waals surface area contributed by atoms with Crippen molar-refractivity contribution in [2.75, 3.05) is 42.9 Å². The number of benzene rings is 1. The van der Waals surface area contributed by atoms with Gasteiger partial charge >= 0.3 is 12.1 Å². The van der Waals surface area contributed by atoms with Crippen LogP contribution in [0.25, 0.3) is 0 Å². The second-order valence-corrected chi connectivity index (χ2v) is 8.80. The van der Waals surface area contributed by atoms with Crippen molar-refractivity contribution in [2.24, 2.45) is 0 Å². The first-order valence-corrected chi connectivity index (χ1v) is 11.0. The van der Waals surface area contributed by atoms with E-state index in [0.29, 0.717) is 44.4 Å². The molecular formula is C23H32N6O4. The van der Waals surface area contributed by atoms with Crippen molar-refractivity contribution in [3.05, 3.63) is 42.7 Å². The molecular weight excluding hydrogens is 424 g/mol. The predicted octanol–water partition coefficient (Wildman–Crippen LogP) is 3.12. The summed E-state index contributed by atoms with van der Waals surface area (Å²) in [5, 5.41) is 5.49. The van der Waals surface area contributed by atoms with Gasteiger partial charge < -0.3 is 29.9 Å². The average molecular weight is 457 g/mol. The van der Waals surface area contributed by atoms with Crippen molar-refractivity contribution in [3.8, 4) is 5.75 Å². The number of nitrogens with zero attached hydrogens (tertiary/aromatic N) is 4. The molecule has 0 radical (unpaired) electrons. The highest BCUT2D eigenvalue weighted by Gasteiger charge is 2.26. The molecule has 0 aliphatic carbocycles. The molecule has 0 spiro atoms. The number of nitrogens with one attached hydrogen (secondary N) is 2. The molecule has 1 fully saturated rings. The van der Waals surface area contributed by atoms with Crippen LogP contribution >= 0.6 is 0 Å². The number of hydrogen-bond donors (Lipinski definition) is 2. The molecule has 3 rings (SSSR count). The van der Waals surface area contributed by atoms with Crippen LogP contribution in [0.15, 0.2) is 42.7 Å². The molecule has 1 aromatic heterocycles. The second-order valence-electron chi connectivity index (χ2n) is 8.80. The lowest BCUT2D eigenvalue weighted by atomic mass is 10.2. The maximum atomic E-state index is 12.2. The van der Waals surface area contributed by atoms with Crippen LogP contribution in [0.5, 0.6) is 5.75 Å². The van der Waals surface area contributed by atoms with Gasteiger partial charge in [0.15, 0.2) is 0 Å². The fourth-order valence-corrected chi connectivity index (χ4v) is 3.15. The first-order valence-electron chi connectivity index (χ1n) is 11.0. The summed E-state index contributed by atoms with van der Waals surface area (Å²) in [6.45, 7) is 10.1. The Balaban J connectivity index is 1.41. The fourth-order valence-electron chi connectivity index (χ4n) is 3.15. The quantitative estimate of drug-likeness (QED) is 0.687. The van der Waals surface area contributed by atoms with E-state index >= 15 is 0 Å². The minimum Gasteiger partial charge on any atom is -0.489 e. The normalized spacial score (nSPS) is 14.9. The Kier molecular flexibility index (Phi) is 7.92. The van der Waals surface area contributed by atoms with Gasteiger partial charge in [0, 0.05) is 26.2 Å². The molecule has 0 bridgehead atoms. The number of carbonyl (C=O) groups is 2. The van der Waals surface area contributed by atoms with Gasteiger partial charge in [-0.25, -0.2) is 19.6 Å². The Bertz CT molecular complexity index is 909. The smallest absolute Gasteiger partial charge is 0.410 e. The minimum absolute atomic E-state index is 0.184. The Morgan fingerprint density at radius 3 is 2.30 bits per heavy atom. The van der Waals surface area contributed by atoms with Crippen molar-refractivity contribution < 1.29 is 19.1 Å². The third-order valence-electron chi connectivity index (χ3n) is 4.74. The number of hydrogen-bond acceptors (Lipinski definition) is 7. The first kappa shape index (κ1) is 24.1. The molecule has 1 aliphatic rings. The van der Waals surface area contributed by atoms with Gasteiger partial charge in [-0.2, -0.15) is 0 Å². The number of urea groups is 1. The average Bonchev–Trinajstić information content (AvgIpc) is 2.78. The second kappa shape index (κ2) is 10.8. The predicted molar refractivity (Wildman–Crippen MR) is 126 cm³/mol. The van der Waals surface area contributed by atoms with Crippen LogP contribution < -0.4 is 20.3 Å². The van der Waals surface area contributed by atoms with Crippen molar-refractivity contribution in [1.82, 2.24) is 20.2 Å². The monoisotopic (exact) mass is 456 g/mol. The van der Waals surface area contributed by atoms with Crippen LogP contribution in [-0.2, 0) is 4.74 Å². The summed E-state index contributed by atoms with van der Waals surface area (Å²) in [6.07, 6.45) is 2.63. The zero-order valence-electron chi connectivity index (χ0n) is 19.6. The molecule has 2 N–H and O–H groups in total. The van der Waals surface area contributed by atoms with Crippen LogP contribution in [-0.4, -0.2) is 71.4 Å². The highest BCUT2D eigenvalue weighted by molar-refractivity contribution is 5.88. The van der Waals surface area contributed by atoms with E-state index in [1.165, 1.54) is 0 Å². The van der Waals surface area contributed by atoms with Gasteiger partial charge in [0.25, 0.3) is 0 Å². The zero-order valence-corrected chi connectivity index (χ0v) is 19.6. The Morgan fingerprint density at radius 2 is 1.70 bits per heavy atom. The Labute approximate surface area is 194 Å². The molecule has 2 heterocycles. The standard InChI is InChI=1S/C23H32N6O4/c1-17(32-19-8-6-5-7-9-19)14-26-21(30)27-18-15-24-20(25-16-18)28-10-12-29(13-11-28)22(31)33-23(2,3)4/h5-9,15-17H,10-14H2,1-4H3,(H2,26,27,30). The molecule has 178 valence electrons. The third-order valence-corrected chi connectivity index (χ3v) is 4.74. The number of para-hydroxylation sites is 1. The van der Waals surface area contributed by atoms with E-state index in [1.807, 2.05) is 62.9 Å². The van der Waals surface area contributed by atoms with Crippen LogP contribution in [0, 0.1) is 0 Å². The molecule has 2 aromatic rings. The summed E-state index contributed by atoms with van der Waals surface area (Å²) in [7, 11) is 0. The van der Waals surface area contributed by atoms with E-state index in [2.05, 4.69) is 20.6 Å². The summed E-state index contributed by atoms with van der Waals surface area (Å²) in [5.41, 5.74) is -0.0281. The van der Waals surface area contributed by atoms with E-state index in [9.17, 15) is 9.59 Å². The summed E-state index contributed by atoms with van der Waals surface area (Å²) >= 11 is 0. The van der Waals surface area contributed by atoms with Gasteiger partial charge in [-0.15, -0.1) is 0 Å². The van der Waals surface area contributed by atoms with Crippen molar-refractivity contribution in [1.29, 1.82) is 0 Å². The molecule has 1 aliphatic heterocycles. The van der Waals surface area contributed by atoms with Crippen LogP contribution in [0.1, 0.15) is 27.7 Å². The Hall–Kier alpha value is -3.56. The highest BCUT2D eigenvalue weighted by atomic mass is 16.6. The zero-order chi connectivity index (χ0) is 23.8. The van der Waals surface area contributed by atoms with E-state index in [-0.39, 0.29) is 18.2 Å². The van der Waals surface area contributed by atoms with Crippen molar-refractivity contribution in [3.63, 3.8) is 0 Å². The maximum absolute atomic E-state index is 12.2. The maximum Gasteiger partial charge on any atom is 0.410 e. The molecule has 1 saturated heterocycles. The van der Waals surface area contributed by atoms with Crippen LogP contribution in [0.2, 0.25) is 0 Å². The summed E-state index contributed by atoms with van der Waals surface area (Å²) < 4.78 is 11.2. The summed E-state index contributed by atoms with van der Waals surface area (Å²) in [4.78, 5) is 36.7. The first-order chi connectivity index (χ1) is 15.7. The number of piperazine rings is 1. The van der Waals surface area contributed by atoms with Crippen molar-refractivity contribution >= 4 is 23.8 Å². The van der Waals surface area contributed by atoms with Gasteiger partial charge in [0.05, 0.1) is 24.6 Å². The molecule has 3 amide bonds. The Morgan fingerprint density at radius 1 is 1.06 bits per heavy atom. The van der Waals surface area contributed by atoms with Gasteiger partial charge in [-0.1, -0.05) is 18.2 Å². The number of carbonyl (C=O) groups excluding carboxylic acids is 2. The van der Waals surface area contributed by atoms with E-state index in [0.717, 1.165) is 5.75 Å². The number of aromatic nitrogens is 2. The van der Waals surface area contributed by atoms with Gasteiger partial charge in [0.1, 0.15) is 17.5 Å². The molecule has 1 aromatic carbocycles. The lowest BCUT2D eigenvalue weighted by Crippen LogP contribution is -2.50. The number of amides is 3. The molecule has 10 heteroatoms. The third kappa shape index (κ3) is 7.81. The van der Waals surface area contributed by atoms with E-state index < -0.39 is 5.60 Å². The molecule has 10 nitrogen and oxygen atoms in total. The number of rotatable bonds is 6. The molecule has 1 atom stereocenters. The highest BCUT2D eigenvalue weighted by Crippen LogP contribution is 2.16. The number of anilines is 2. The van der Waals surface area contributed by atoms with Gasteiger partial charge in [-0.3, -0.25) is 0 Å². The number of ether oxygens (including phenoxy) is 2. The molecule has 1 unspecified atom stereocenters. The lowest BCUT2D eigenvalue weighted by Gasteiger charge is -2.35. The largest absolute Gasteiger partial charge is 0.489 e. The van der Waals surface area contributed by atoms with Gasteiger partial charge in [0.2, 0.25) is 5.95 Å². The van der Waals surface area contributed by atoms with E-state index in [1.54, 1.807) is 17.3 Å². The lowest BCUT2D eigenvalue weighted by molar-refractivity contribution is 0.0240. The van der Waals surface area contributed by atoms with E-state index in [4.69, 9.17) is 9.47 Å². The minimum atomic E-state index is -0.514. The van der Waals surface area contributed by atoms with Gasteiger partial charge in [-0.05, 0) is 39.8 Å². The fraction of sp³-hybridized carbons (Fsp3) is 0.478. The topological polar surface area (TPSA) is 109 Å². The van der Waals surface area contributed by atoms with Crippen LogP contribution in [0.4, 0.5) is 21.2 Å². The van der Waals surface area contributed by atoms with Crippen LogP contribution in [0.3, 0.4) is 0 Å².